The van der Waals surface area contributed by atoms with Crippen LogP contribution >= 0.6 is 11.6 Å². The first kappa shape index (κ1) is 19.8. The van der Waals surface area contributed by atoms with Crippen molar-refractivity contribution in [3.05, 3.63) is 52.8 Å². The summed E-state index contributed by atoms with van der Waals surface area (Å²) in [5.74, 6) is -0.423. The zero-order valence-corrected chi connectivity index (χ0v) is 16.4. The number of pyridine rings is 1. The van der Waals surface area contributed by atoms with Crippen molar-refractivity contribution in [2.24, 2.45) is 0 Å². The lowest BCUT2D eigenvalue weighted by atomic mass is 9.97. The molecule has 27 heavy (non-hydrogen) atoms. The maximum atomic E-state index is 13.0. The first-order valence-corrected chi connectivity index (χ1v) is 10.7. The van der Waals surface area contributed by atoms with Crippen molar-refractivity contribution in [2.45, 2.75) is 48.9 Å². The van der Waals surface area contributed by atoms with Crippen LogP contribution < -0.4 is 5.32 Å². The number of aryl methyl sites for hydroxylation is 1. The molecule has 1 saturated carbocycles. The van der Waals surface area contributed by atoms with Crippen LogP contribution in [0.5, 0.6) is 0 Å². The number of nitrogens with one attached hydrogen (secondary N) is 1. The lowest BCUT2D eigenvalue weighted by Gasteiger charge is -2.25. The standard InChI is InChI=1S/C19H21ClN2O4S/c1-12-10-14(8-9-21-12)22-19(24)13-2-7-17(20)18(11-13)27(25,26)16-5-3-15(23)4-6-16/h2,7-11,15-16,23H,3-6H2,1H3,(H,21,22,24). The molecule has 144 valence electrons. The average Bonchev–Trinajstić information content (AvgIpc) is 2.62. The van der Waals surface area contributed by atoms with Crippen LogP contribution in [0.25, 0.3) is 0 Å². The number of rotatable bonds is 4. The van der Waals surface area contributed by atoms with Crippen LogP contribution in [0.15, 0.2) is 41.4 Å². The Morgan fingerprint density at radius 3 is 2.56 bits per heavy atom. The Labute approximate surface area is 163 Å². The minimum atomic E-state index is -3.68. The van der Waals surface area contributed by atoms with Crippen molar-refractivity contribution in [1.82, 2.24) is 4.98 Å². The van der Waals surface area contributed by atoms with E-state index < -0.39 is 27.1 Å². The molecule has 1 heterocycles. The normalized spacial score (nSPS) is 20.3. The Kier molecular flexibility index (Phi) is 5.83. The van der Waals surface area contributed by atoms with E-state index in [2.05, 4.69) is 10.3 Å². The molecule has 0 saturated heterocycles. The van der Waals surface area contributed by atoms with Crippen molar-refractivity contribution < 1.29 is 18.3 Å². The van der Waals surface area contributed by atoms with Crippen LogP contribution in [-0.4, -0.2) is 35.8 Å². The molecule has 0 bridgehead atoms. The molecule has 0 unspecified atom stereocenters. The van der Waals surface area contributed by atoms with E-state index in [1.807, 2.05) is 6.92 Å². The largest absolute Gasteiger partial charge is 0.393 e. The highest BCUT2D eigenvalue weighted by atomic mass is 35.5. The van der Waals surface area contributed by atoms with Gasteiger partial charge in [-0.25, -0.2) is 8.42 Å². The lowest BCUT2D eigenvalue weighted by Crippen LogP contribution is -2.29. The number of hydrogen-bond acceptors (Lipinski definition) is 5. The molecule has 1 amide bonds. The van der Waals surface area contributed by atoms with E-state index in [0.29, 0.717) is 31.4 Å². The van der Waals surface area contributed by atoms with Crippen LogP contribution in [0, 0.1) is 6.92 Å². The SMILES string of the molecule is Cc1cc(NC(=O)c2ccc(Cl)c(S(=O)(=O)C3CCC(O)CC3)c2)ccn1. The Balaban J connectivity index is 1.86. The molecule has 1 aliphatic rings. The minimum absolute atomic E-state index is 0.0379. The smallest absolute Gasteiger partial charge is 0.255 e. The maximum absolute atomic E-state index is 13.0. The number of sulfone groups is 1. The summed E-state index contributed by atoms with van der Waals surface area (Å²) in [5.41, 5.74) is 1.54. The van der Waals surface area contributed by atoms with Gasteiger partial charge in [0.1, 0.15) is 0 Å². The third-order valence-electron chi connectivity index (χ3n) is 4.74. The van der Waals surface area contributed by atoms with Crippen molar-refractivity contribution in [1.29, 1.82) is 0 Å². The number of nitrogens with zero attached hydrogens (tertiary/aromatic N) is 1. The summed E-state index contributed by atoms with van der Waals surface area (Å²) in [6, 6.07) is 7.63. The molecule has 2 N–H and O–H groups in total. The third kappa shape index (κ3) is 4.48. The predicted molar refractivity (Wildman–Crippen MR) is 104 cm³/mol. The van der Waals surface area contributed by atoms with E-state index in [1.54, 1.807) is 18.3 Å². The summed E-state index contributed by atoms with van der Waals surface area (Å²) in [6.07, 6.45) is 2.79. The average molecular weight is 409 g/mol. The number of amides is 1. The second-order valence-electron chi connectivity index (χ2n) is 6.76. The van der Waals surface area contributed by atoms with E-state index >= 15 is 0 Å². The first-order chi connectivity index (χ1) is 12.8. The fraction of sp³-hybridized carbons (Fsp3) is 0.368. The molecule has 1 fully saturated rings. The number of aliphatic hydroxyl groups is 1. The molecule has 0 radical (unpaired) electrons. The Bertz CT molecular complexity index is 954. The van der Waals surface area contributed by atoms with Gasteiger partial charge in [0.25, 0.3) is 5.91 Å². The predicted octanol–water partition coefficient (Wildman–Crippen LogP) is 3.37. The van der Waals surface area contributed by atoms with Gasteiger partial charge in [0.2, 0.25) is 0 Å². The number of halogens is 1. The van der Waals surface area contributed by atoms with Crippen molar-refractivity contribution >= 4 is 33.0 Å². The number of anilines is 1. The van der Waals surface area contributed by atoms with E-state index in [4.69, 9.17) is 11.6 Å². The number of aliphatic hydroxyl groups excluding tert-OH is 1. The van der Waals surface area contributed by atoms with Crippen LogP contribution in [0.1, 0.15) is 41.7 Å². The first-order valence-electron chi connectivity index (χ1n) is 8.73. The molecular weight excluding hydrogens is 388 g/mol. The van der Waals surface area contributed by atoms with Gasteiger partial charge in [-0.3, -0.25) is 9.78 Å². The zero-order valence-electron chi connectivity index (χ0n) is 14.9. The molecule has 0 spiro atoms. The number of benzene rings is 1. The van der Waals surface area contributed by atoms with Gasteiger partial charge in [-0.1, -0.05) is 11.6 Å². The number of aromatic nitrogens is 1. The van der Waals surface area contributed by atoms with Gasteiger partial charge in [0.15, 0.2) is 9.84 Å². The molecule has 8 heteroatoms. The summed E-state index contributed by atoms with van der Waals surface area (Å²) >= 11 is 6.15. The van der Waals surface area contributed by atoms with Gasteiger partial charge in [-0.05, 0) is 62.9 Å². The molecule has 1 aromatic heterocycles. The highest BCUT2D eigenvalue weighted by molar-refractivity contribution is 7.92. The molecule has 6 nitrogen and oxygen atoms in total. The summed E-state index contributed by atoms with van der Waals surface area (Å²) < 4.78 is 26.0. The molecule has 2 aromatic rings. The van der Waals surface area contributed by atoms with Crippen LogP contribution in [0.2, 0.25) is 5.02 Å². The van der Waals surface area contributed by atoms with Crippen LogP contribution in [0.3, 0.4) is 0 Å². The minimum Gasteiger partial charge on any atom is -0.393 e. The molecular formula is C19H21ClN2O4S. The summed E-state index contributed by atoms with van der Waals surface area (Å²) in [4.78, 5) is 16.6. The molecule has 1 aromatic carbocycles. The Morgan fingerprint density at radius 1 is 1.19 bits per heavy atom. The molecule has 0 atom stereocenters. The third-order valence-corrected chi connectivity index (χ3v) is 7.48. The zero-order chi connectivity index (χ0) is 19.6. The molecule has 1 aliphatic carbocycles. The quantitative estimate of drug-likeness (QED) is 0.808. The van der Waals surface area contributed by atoms with Crippen molar-refractivity contribution in [2.75, 3.05) is 5.32 Å². The van der Waals surface area contributed by atoms with E-state index in [0.717, 1.165) is 5.69 Å². The second-order valence-corrected chi connectivity index (χ2v) is 9.36. The highest BCUT2D eigenvalue weighted by Gasteiger charge is 2.33. The molecule has 3 rings (SSSR count). The number of carbonyl (C=O) groups excluding carboxylic acids is 1. The van der Waals surface area contributed by atoms with Gasteiger partial charge in [-0.2, -0.15) is 0 Å². The van der Waals surface area contributed by atoms with Gasteiger partial charge in [0, 0.05) is 23.1 Å². The van der Waals surface area contributed by atoms with E-state index in [9.17, 15) is 18.3 Å². The van der Waals surface area contributed by atoms with Gasteiger partial charge >= 0.3 is 0 Å². The summed E-state index contributed by atoms with van der Waals surface area (Å²) in [7, 11) is -3.68. The van der Waals surface area contributed by atoms with Gasteiger partial charge in [-0.15, -0.1) is 0 Å². The fourth-order valence-corrected chi connectivity index (χ4v) is 5.55. The molecule has 0 aliphatic heterocycles. The topological polar surface area (TPSA) is 96.4 Å². The van der Waals surface area contributed by atoms with Crippen LogP contribution in [0.4, 0.5) is 5.69 Å². The number of hydrogen-bond donors (Lipinski definition) is 2. The summed E-state index contributed by atoms with van der Waals surface area (Å²) in [5, 5.41) is 11.8. The highest BCUT2D eigenvalue weighted by Crippen LogP contribution is 2.33. The van der Waals surface area contributed by atoms with Gasteiger partial charge in [0.05, 0.1) is 21.3 Å². The van der Waals surface area contributed by atoms with Crippen molar-refractivity contribution in [3.63, 3.8) is 0 Å². The Hall–Kier alpha value is -1.96. The van der Waals surface area contributed by atoms with E-state index in [-0.39, 0.29) is 15.5 Å². The fourth-order valence-electron chi connectivity index (χ4n) is 3.22. The van der Waals surface area contributed by atoms with Crippen molar-refractivity contribution in [3.8, 4) is 0 Å². The second kappa shape index (κ2) is 7.96. The number of carbonyl (C=O) groups is 1. The lowest BCUT2D eigenvalue weighted by molar-refractivity contribution is 0.102. The van der Waals surface area contributed by atoms with Gasteiger partial charge < -0.3 is 10.4 Å². The Morgan fingerprint density at radius 2 is 1.89 bits per heavy atom. The van der Waals surface area contributed by atoms with Crippen LogP contribution in [-0.2, 0) is 9.84 Å². The summed E-state index contributed by atoms with van der Waals surface area (Å²) in [6.45, 7) is 1.81. The van der Waals surface area contributed by atoms with E-state index in [1.165, 1.54) is 18.2 Å². The monoisotopic (exact) mass is 408 g/mol. The maximum Gasteiger partial charge on any atom is 0.255 e.